The Hall–Kier alpha value is -1.90. The van der Waals surface area contributed by atoms with Crippen LogP contribution in [0.1, 0.15) is 25.3 Å². The molecule has 1 atom stereocenters. The molecule has 0 spiro atoms. The van der Waals surface area contributed by atoms with Crippen LogP contribution >= 0.6 is 0 Å². The zero-order valence-electron chi connectivity index (χ0n) is 11.0. The van der Waals surface area contributed by atoms with E-state index in [2.05, 4.69) is 16.2 Å². The van der Waals surface area contributed by atoms with E-state index in [4.69, 9.17) is 5.73 Å². The third kappa shape index (κ3) is 4.36. The van der Waals surface area contributed by atoms with Crippen LogP contribution in [0.4, 0.5) is 24.7 Å². The minimum Gasteiger partial charge on any atom is -0.387 e. The number of hydrogen-bond donors (Lipinski definition) is 2. The minimum absolute atomic E-state index is 0.106. The number of pyridine rings is 1. The molecule has 0 saturated heterocycles. The van der Waals surface area contributed by atoms with Crippen LogP contribution in [0.3, 0.4) is 0 Å². The Bertz CT molecular complexity index is 498. The molecule has 1 aromatic rings. The lowest BCUT2D eigenvalue weighted by Crippen LogP contribution is -2.11. The molecule has 0 saturated carbocycles. The van der Waals surface area contributed by atoms with Crippen molar-refractivity contribution in [1.29, 1.82) is 0 Å². The first-order chi connectivity index (χ1) is 8.74. The number of nitrogen functional groups attached to an aromatic ring is 1. The fourth-order valence-corrected chi connectivity index (χ4v) is 1.64. The van der Waals surface area contributed by atoms with E-state index in [1.165, 1.54) is 12.1 Å². The van der Waals surface area contributed by atoms with Crippen molar-refractivity contribution in [3.63, 3.8) is 0 Å². The summed E-state index contributed by atoms with van der Waals surface area (Å²) in [5.41, 5.74) is 6.93. The van der Waals surface area contributed by atoms with Gasteiger partial charge in [-0.1, -0.05) is 19.8 Å². The maximum absolute atomic E-state index is 12.2. The smallest absolute Gasteiger partial charge is 0.387 e. The van der Waals surface area contributed by atoms with Gasteiger partial charge in [0.05, 0.1) is 17.8 Å². The molecule has 0 bridgehead atoms. The van der Waals surface area contributed by atoms with Crippen LogP contribution in [-0.2, 0) is 0 Å². The zero-order valence-corrected chi connectivity index (χ0v) is 11.0. The topological polar surface area (TPSA) is 50.9 Å². The highest BCUT2D eigenvalue weighted by Gasteiger charge is 2.25. The van der Waals surface area contributed by atoms with Crippen LogP contribution < -0.4 is 11.1 Å². The van der Waals surface area contributed by atoms with Crippen LogP contribution in [0.5, 0.6) is 0 Å². The first-order valence-corrected chi connectivity index (χ1v) is 5.77. The maximum Gasteiger partial charge on any atom is 0.457 e. The van der Waals surface area contributed by atoms with Gasteiger partial charge >= 0.3 is 6.18 Å². The molecule has 0 aliphatic heterocycles. The van der Waals surface area contributed by atoms with Crippen LogP contribution in [0.2, 0.25) is 0 Å². The van der Waals surface area contributed by atoms with E-state index < -0.39 is 12.1 Å². The molecule has 6 heteroatoms. The average molecular weight is 271 g/mol. The predicted molar refractivity (Wildman–Crippen MR) is 69.6 cm³/mol. The van der Waals surface area contributed by atoms with Gasteiger partial charge in [0.1, 0.15) is 5.82 Å². The minimum atomic E-state index is -4.50. The van der Waals surface area contributed by atoms with Gasteiger partial charge in [-0.25, -0.2) is 4.98 Å². The molecular weight excluding hydrogens is 255 g/mol. The standard InChI is InChI=1S/C13H16F3N3/c1-8(2)10(4-5-13(14,15)16)11-6-9(18-3)7-19-12(11)17/h6-8,10,18H,1-3H3,(H2,17,19). The van der Waals surface area contributed by atoms with Crippen molar-refractivity contribution >= 4 is 11.5 Å². The van der Waals surface area contributed by atoms with Crippen LogP contribution in [0, 0.1) is 17.8 Å². The molecule has 3 N–H and O–H groups in total. The maximum atomic E-state index is 12.2. The second-order valence-corrected chi connectivity index (χ2v) is 4.44. The fourth-order valence-electron chi connectivity index (χ4n) is 1.64. The Morgan fingerprint density at radius 1 is 1.37 bits per heavy atom. The Morgan fingerprint density at radius 3 is 2.47 bits per heavy atom. The number of halogens is 3. The quantitative estimate of drug-likeness (QED) is 0.831. The lowest BCUT2D eigenvalue weighted by molar-refractivity contribution is -0.0698. The molecule has 0 aliphatic carbocycles. The highest BCUT2D eigenvalue weighted by atomic mass is 19.4. The molecule has 0 amide bonds. The summed E-state index contributed by atoms with van der Waals surface area (Å²) in [6, 6.07) is 1.68. The number of nitrogens with zero attached hydrogens (tertiary/aromatic N) is 1. The first kappa shape index (κ1) is 15.2. The summed E-state index contributed by atoms with van der Waals surface area (Å²) in [5, 5.41) is 2.87. The van der Waals surface area contributed by atoms with Gasteiger partial charge in [0.25, 0.3) is 0 Å². The summed E-state index contributed by atoms with van der Waals surface area (Å²) in [5.74, 6) is 3.05. The molecule has 1 heterocycles. The van der Waals surface area contributed by atoms with Crippen molar-refractivity contribution in [2.45, 2.75) is 25.9 Å². The third-order valence-electron chi connectivity index (χ3n) is 2.61. The molecule has 1 unspecified atom stereocenters. The molecular formula is C13H16F3N3. The summed E-state index contributed by atoms with van der Waals surface area (Å²) in [6.45, 7) is 3.59. The monoisotopic (exact) mass is 271 g/mol. The molecule has 0 aromatic carbocycles. The van der Waals surface area contributed by atoms with Crippen LogP contribution in [0.25, 0.3) is 0 Å². The van der Waals surface area contributed by atoms with Crippen molar-refractivity contribution in [3.8, 4) is 11.8 Å². The second kappa shape index (κ2) is 5.83. The lowest BCUT2D eigenvalue weighted by atomic mass is 9.89. The SMILES string of the molecule is CNc1cnc(N)c(C(C#CC(F)(F)F)C(C)C)c1. The van der Waals surface area contributed by atoms with Crippen LogP contribution in [-0.4, -0.2) is 18.2 Å². The van der Waals surface area contributed by atoms with Crippen molar-refractivity contribution < 1.29 is 13.2 Å². The van der Waals surface area contributed by atoms with Gasteiger partial charge in [-0.15, -0.1) is 0 Å². The van der Waals surface area contributed by atoms with Gasteiger partial charge in [0.2, 0.25) is 0 Å². The Balaban J connectivity index is 3.22. The highest BCUT2D eigenvalue weighted by Crippen LogP contribution is 2.29. The van der Waals surface area contributed by atoms with Crippen molar-refractivity contribution in [3.05, 3.63) is 17.8 Å². The molecule has 0 radical (unpaired) electrons. The van der Waals surface area contributed by atoms with Gasteiger partial charge in [0, 0.05) is 18.5 Å². The number of nitrogens with two attached hydrogens (primary N) is 1. The number of aromatic nitrogens is 1. The van der Waals surface area contributed by atoms with Gasteiger partial charge in [-0.3, -0.25) is 0 Å². The molecule has 0 aliphatic rings. The molecule has 0 fully saturated rings. The second-order valence-electron chi connectivity index (χ2n) is 4.44. The summed E-state index contributed by atoms with van der Waals surface area (Å²) in [7, 11) is 1.70. The van der Waals surface area contributed by atoms with Gasteiger partial charge < -0.3 is 11.1 Å². The highest BCUT2D eigenvalue weighted by molar-refractivity contribution is 5.54. The van der Waals surface area contributed by atoms with E-state index in [1.54, 1.807) is 27.0 Å². The van der Waals surface area contributed by atoms with Gasteiger partial charge in [0.15, 0.2) is 0 Å². The number of alkyl halides is 3. The molecule has 19 heavy (non-hydrogen) atoms. The Labute approximate surface area is 110 Å². The third-order valence-corrected chi connectivity index (χ3v) is 2.61. The van der Waals surface area contributed by atoms with Gasteiger partial charge in [-0.05, 0) is 12.0 Å². The molecule has 104 valence electrons. The summed E-state index contributed by atoms with van der Waals surface area (Å²) < 4.78 is 36.6. The summed E-state index contributed by atoms with van der Waals surface area (Å²) in [6.07, 6.45) is -2.98. The van der Waals surface area contributed by atoms with Gasteiger partial charge in [-0.2, -0.15) is 13.2 Å². The number of rotatable bonds is 3. The van der Waals surface area contributed by atoms with E-state index in [1.807, 2.05) is 0 Å². The van der Waals surface area contributed by atoms with Crippen LogP contribution in [0.15, 0.2) is 12.3 Å². The van der Waals surface area contributed by atoms with E-state index in [0.29, 0.717) is 11.3 Å². The van der Waals surface area contributed by atoms with Crippen molar-refractivity contribution in [1.82, 2.24) is 4.98 Å². The fraction of sp³-hybridized carbons (Fsp3) is 0.462. The molecule has 3 nitrogen and oxygen atoms in total. The predicted octanol–water partition coefficient (Wildman–Crippen LogP) is 3.01. The van der Waals surface area contributed by atoms with E-state index in [9.17, 15) is 13.2 Å². The zero-order chi connectivity index (χ0) is 14.6. The number of anilines is 2. The number of nitrogens with one attached hydrogen (secondary N) is 1. The van der Waals surface area contributed by atoms with E-state index >= 15 is 0 Å². The summed E-state index contributed by atoms with van der Waals surface area (Å²) >= 11 is 0. The normalized spacial score (nSPS) is 12.8. The number of hydrogen-bond acceptors (Lipinski definition) is 3. The first-order valence-electron chi connectivity index (χ1n) is 5.77. The van der Waals surface area contributed by atoms with E-state index in [-0.39, 0.29) is 11.7 Å². The molecule has 1 rings (SSSR count). The Morgan fingerprint density at radius 2 is 2.00 bits per heavy atom. The van der Waals surface area contributed by atoms with Crippen molar-refractivity contribution in [2.75, 3.05) is 18.1 Å². The molecule has 1 aromatic heterocycles. The lowest BCUT2D eigenvalue weighted by Gasteiger charge is -2.17. The average Bonchev–Trinajstić information content (AvgIpc) is 2.29. The largest absolute Gasteiger partial charge is 0.457 e. The summed E-state index contributed by atoms with van der Waals surface area (Å²) in [4.78, 5) is 3.96. The van der Waals surface area contributed by atoms with Crippen molar-refractivity contribution in [2.24, 2.45) is 5.92 Å². The Kier molecular flexibility index (Phi) is 4.65. The van der Waals surface area contributed by atoms with E-state index in [0.717, 1.165) is 0 Å².